The molecule has 1 aromatic carbocycles. The van der Waals surface area contributed by atoms with Gasteiger partial charge in [-0.1, -0.05) is 30.4 Å². The van der Waals surface area contributed by atoms with Crippen LogP contribution in [0.15, 0.2) is 30.3 Å². The molecule has 1 aliphatic heterocycles. The van der Waals surface area contributed by atoms with Gasteiger partial charge in [-0.25, -0.2) is 0 Å². The van der Waals surface area contributed by atoms with Gasteiger partial charge in [0.15, 0.2) is 6.67 Å². The molecule has 0 unspecified atom stereocenters. The molecule has 1 aromatic heterocycles. The number of quaternary nitrogens is 1. The Morgan fingerprint density at radius 2 is 1.72 bits per heavy atom. The maximum Gasteiger partial charge on any atom is 0.157 e. The van der Waals surface area contributed by atoms with E-state index in [1.54, 1.807) is 0 Å². The van der Waals surface area contributed by atoms with Crippen molar-refractivity contribution in [3.05, 3.63) is 57.4 Å². The molecule has 1 fully saturated rings. The second-order valence-corrected chi connectivity index (χ2v) is 7.17. The molecule has 3 rings (SSSR count). The molecule has 0 spiro atoms. The Kier molecular flexibility index (Phi) is 5.22. The van der Waals surface area contributed by atoms with Crippen molar-refractivity contribution in [3.8, 4) is 6.07 Å². The average molecular weight is 354 g/mol. The second kappa shape index (κ2) is 7.38. The Labute approximate surface area is 154 Å². The maximum atomic E-state index is 9.46. The molecule has 0 saturated carbocycles. The number of rotatable bonds is 3. The van der Waals surface area contributed by atoms with Gasteiger partial charge in [-0.2, -0.15) is 5.26 Å². The van der Waals surface area contributed by atoms with Crippen LogP contribution in [0.3, 0.4) is 0 Å². The van der Waals surface area contributed by atoms with E-state index in [1.807, 2.05) is 6.92 Å². The van der Waals surface area contributed by atoms with Crippen molar-refractivity contribution < 1.29 is 4.90 Å². The van der Waals surface area contributed by atoms with Crippen molar-refractivity contribution in [2.24, 2.45) is 0 Å². The molecule has 130 valence electrons. The van der Waals surface area contributed by atoms with Gasteiger partial charge in [-0.15, -0.1) is 0 Å². The van der Waals surface area contributed by atoms with Crippen LogP contribution in [0.2, 0.25) is 0 Å². The molecule has 2 aromatic rings. The van der Waals surface area contributed by atoms with Crippen molar-refractivity contribution in [1.82, 2.24) is 4.57 Å². The van der Waals surface area contributed by atoms with E-state index in [4.69, 9.17) is 12.2 Å². The lowest BCUT2D eigenvalue weighted by Crippen LogP contribution is -3.14. The monoisotopic (exact) mass is 353 g/mol. The standard InChI is InChI=1S/C20H24N4S/c1-15-16(2)19(13-21)20(25)24(17(15)3)14-22-9-11-23(12-10-22)18-7-5-4-6-8-18/h4-8H,9-12,14H2,1-3H3/p+1. The molecule has 0 aliphatic carbocycles. The van der Waals surface area contributed by atoms with Gasteiger partial charge in [0.05, 0.1) is 31.7 Å². The van der Waals surface area contributed by atoms with Crippen LogP contribution in [-0.4, -0.2) is 30.7 Å². The van der Waals surface area contributed by atoms with Crippen LogP contribution >= 0.6 is 12.2 Å². The van der Waals surface area contributed by atoms with E-state index in [2.05, 4.69) is 59.7 Å². The number of aromatic nitrogens is 1. The summed E-state index contributed by atoms with van der Waals surface area (Å²) in [5, 5.41) is 9.46. The molecule has 0 amide bonds. The highest BCUT2D eigenvalue weighted by Gasteiger charge is 2.22. The zero-order chi connectivity index (χ0) is 18.0. The number of nitrogens with one attached hydrogen (secondary N) is 1. The Balaban J connectivity index is 1.76. The topological polar surface area (TPSA) is 36.4 Å². The van der Waals surface area contributed by atoms with E-state index in [9.17, 15) is 5.26 Å². The first-order valence-corrected chi connectivity index (χ1v) is 9.18. The van der Waals surface area contributed by atoms with E-state index < -0.39 is 0 Å². The zero-order valence-corrected chi connectivity index (χ0v) is 16.0. The average Bonchev–Trinajstić information content (AvgIpc) is 2.65. The van der Waals surface area contributed by atoms with Crippen molar-refractivity contribution >= 4 is 17.9 Å². The third-order valence-corrected chi connectivity index (χ3v) is 5.85. The largest absolute Gasteiger partial charge is 0.360 e. The molecule has 5 heteroatoms. The van der Waals surface area contributed by atoms with Crippen LogP contribution in [0.4, 0.5) is 5.69 Å². The molecule has 1 aliphatic rings. The van der Waals surface area contributed by atoms with Crippen LogP contribution < -0.4 is 9.80 Å². The lowest BCUT2D eigenvalue weighted by molar-refractivity contribution is -0.923. The van der Waals surface area contributed by atoms with Crippen molar-refractivity contribution in [1.29, 1.82) is 5.26 Å². The van der Waals surface area contributed by atoms with Gasteiger partial charge in [0.1, 0.15) is 10.7 Å². The first-order chi connectivity index (χ1) is 12.0. The molecule has 0 radical (unpaired) electrons. The normalized spacial score (nSPS) is 15.2. The lowest BCUT2D eigenvalue weighted by atomic mass is 10.0. The number of piperazine rings is 1. The first kappa shape index (κ1) is 17.7. The van der Waals surface area contributed by atoms with Crippen molar-refractivity contribution in [2.75, 3.05) is 31.1 Å². The highest BCUT2D eigenvalue weighted by Crippen LogP contribution is 2.18. The van der Waals surface area contributed by atoms with Crippen LogP contribution in [0.1, 0.15) is 22.4 Å². The van der Waals surface area contributed by atoms with Gasteiger partial charge in [0, 0.05) is 11.4 Å². The summed E-state index contributed by atoms with van der Waals surface area (Å²) in [5.74, 6) is 0. The fourth-order valence-corrected chi connectivity index (χ4v) is 3.93. The van der Waals surface area contributed by atoms with E-state index in [0.717, 1.165) is 38.4 Å². The molecule has 2 heterocycles. The fraction of sp³-hybridized carbons (Fsp3) is 0.400. The van der Waals surface area contributed by atoms with Crippen molar-refractivity contribution in [3.63, 3.8) is 0 Å². The van der Waals surface area contributed by atoms with Crippen molar-refractivity contribution in [2.45, 2.75) is 27.4 Å². The number of hydrogen-bond donors (Lipinski definition) is 1. The fourth-order valence-electron chi connectivity index (χ4n) is 3.53. The van der Waals surface area contributed by atoms with Gasteiger partial charge in [-0.05, 0) is 44.0 Å². The number of hydrogen-bond acceptors (Lipinski definition) is 3. The summed E-state index contributed by atoms with van der Waals surface area (Å²) in [4.78, 5) is 3.95. The number of nitriles is 1. The Bertz CT molecular complexity index is 856. The Morgan fingerprint density at radius 1 is 1.08 bits per heavy atom. The highest BCUT2D eigenvalue weighted by atomic mass is 32.1. The highest BCUT2D eigenvalue weighted by molar-refractivity contribution is 7.71. The predicted molar refractivity (Wildman–Crippen MR) is 104 cm³/mol. The summed E-state index contributed by atoms with van der Waals surface area (Å²) >= 11 is 5.61. The van der Waals surface area contributed by atoms with Crippen LogP contribution in [0.5, 0.6) is 0 Å². The summed E-state index contributed by atoms with van der Waals surface area (Å²) in [6.45, 7) is 11.3. The third kappa shape index (κ3) is 3.46. The van der Waals surface area contributed by atoms with Gasteiger partial charge >= 0.3 is 0 Å². The molecular weight excluding hydrogens is 328 g/mol. The number of para-hydroxylation sites is 1. The quantitative estimate of drug-likeness (QED) is 0.861. The van der Waals surface area contributed by atoms with E-state index in [1.165, 1.54) is 21.8 Å². The van der Waals surface area contributed by atoms with E-state index in [-0.39, 0.29) is 0 Å². The molecule has 25 heavy (non-hydrogen) atoms. The molecular formula is C20H25N4S+. The maximum absolute atomic E-state index is 9.46. The third-order valence-electron chi connectivity index (χ3n) is 5.43. The van der Waals surface area contributed by atoms with Gasteiger partial charge in [0.25, 0.3) is 0 Å². The molecule has 0 bridgehead atoms. The van der Waals surface area contributed by atoms with Gasteiger partial charge in [-0.3, -0.25) is 4.57 Å². The molecule has 1 N–H and O–H groups in total. The second-order valence-electron chi connectivity index (χ2n) is 6.79. The summed E-state index contributed by atoms with van der Waals surface area (Å²) in [6.07, 6.45) is 0. The number of pyridine rings is 1. The number of nitrogens with zero attached hydrogens (tertiary/aromatic N) is 3. The smallest absolute Gasteiger partial charge is 0.157 e. The van der Waals surface area contributed by atoms with Gasteiger partial charge < -0.3 is 9.80 Å². The number of anilines is 1. The molecule has 1 saturated heterocycles. The summed E-state index contributed by atoms with van der Waals surface area (Å²) in [6, 6.07) is 12.9. The van der Waals surface area contributed by atoms with E-state index in [0.29, 0.717) is 10.2 Å². The minimum atomic E-state index is 0.653. The summed E-state index contributed by atoms with van der Waals surface area (Å²) < 4.78 is 2.84. The number of benzene rings is 1. The molecule has 4 nitrogen and oxygen atoms in total. The van der Waals surface area contributed by atoms with Crippen LogP contribution in [0.25, 0.3) is 0 Å². The minimum absolute atomic E-state index is 0.653. The first-order valence-electron chi connectivity index (χ1n) is 8.77. The van der Waals surface area contributed by atoms with E-state index >= 15 is 0 Å². The minimum Gasteiger partial charge on any atom is -0.360 e. The molecule has 0 atom stereocenters. The Hall–Kier alpha value is -2.16. The predicted octanol–water partition coefficient (Wildman–Crippen LogP) is 2.38. The zero-order valence-electron chi connectivity index (χ0n) is 15.2. The Morgan fingerprint density at radius 3 is 2.32 bits per heavy atom. The summed E-state index contributed by atoms with van der Waals surface area (Å²) in [5.41, 5.74) is 5.32. The van der Waals surface area contributed by atoms with Crippen LogP contribution in [-0.2, 0) is 6.67 Å². The lowest BCUT2D eigenvalue weighted by Gasteiger charge is -2.34. The SMILES string of the molecule is Cc1c(C)c(C)n(C[NH+]2CCN(c3ccccc3)CC2)c(=S)c1C#N. The van der Waals surface area contributed by atoms with Crippen LogP contribution in [0, 0.1) is 36.7 Å². The van der Waals surface area contributed by atoms with Gasteiger partial charge in [0.2, 0.25) is 0 Å². The summed E-state index contributed by atoms with van der Waals surface area (Å²) in [7, 11) is 0.